The molecule has 0 fully saturated rings. The molecule has 0 saturated carbocycles. The summed E-state index contributed by atoms with van der Waals surface area (Å²) in [5, 5.41) is 0. The van der Waals surface area contributed by atoms with Gasteiger partial charge in [-0.2, -0.15) is 0 Å². The second-order valence-electron chi connectivity index (χ2n) is 17.6. The molecule has 0 aliphatic carbocycles. The standard InChI is InChI=1S/C11H14N2.C10H16N2O.C10H16N2.C10H17N/c1-11(2,3)9-8-12-10-6-4-5-7-13(9)10;1-10(2,3)8-6-11-9-7-13-5-4-12(8)9;1-10(2,3)8-7-11-9-5-4-6-12(8)9;1-8-6-7-11(5)9(8)10(2,3)4/h4-8H,1-3H3;6H,4-5,7H2,1-3H3;7H,4-6H2,1-3H3;6-7H,1-5H3. The number of aromatic nitrogens is 7. The minimum Gasteiger partial charge on any atom is -0.372 e. The Hall–Kier alpha value is -3.65. The Bertz CT molecular complexity index is 1780. The van der Waals surface area contributed by atoms with E-state index in [1.807, 2.05) is 36.8 Å². The van der Waals surface area contributed by atoms with Gasteiger partial charge in [-0.15, -0.1) is 0 Å². The highest BCUT2D eigenvalue weighted by Crippen LogP contribution is 2.28. The van der Waals surface area contributed by atoms with Crippen LogP contribution in [0.15, 0.2) is 55.2 Å². The number of hydrogen-bond donors (Lipinski definition) is 0. The first kappa shape index (κ1) is 38.2. The number of imidazole rings is 3. The molecule has 0 atom stereocenters. The highest BCUT2D eigenvalue weighted by atomic mass is 16.5. The first-order valence-corrected chi connectivity index (χ1v) is 17.9. The Morgan fingerprint density at radius 2 is 1.20 bits per heavy atom. The van der Waals surface area contributed by atoms with Crippen LogP contribution in [-0.2, 0) is 59.6 Å². The maximum absolute atomic E-state index is 5.34. The van der Waals surface area contributed by atoms with Crippen molar-refractivity contribution in [1.82, 2.24) is 33.1 Å². The summed E-state index contributed by atoms with van der Waals surface area (Å²) in [6.45, 7) is 32.5. The minimum atomic E-state index is 0.154. The average Bonchev–Trinajstić information content (AvgIpc) is 3.80. The first-order chi connectivity index (χ1) is 22.7. The van der Waals surface area contributed by atoms with Gasteiger partial charge >= 0.3 is 0 Å². The largest absolute Gasteiger partial charge is 0.372 e. The van der Waals surface area contributed by atoms with Crippen LogP contribution in [0.1, 0.15) is 129 Å². The molecule has 7 rings (SSSR count). The smallest absolute Gasteiger partial charge is 0.136 e. The normalized spacial score (nSPS) is 14.6. The number of nitrogens with zero attached hydrogens (tertiary/aromatic N) is 7. The van der Waals surface area contributed by atoms with Crippen LogP contribution < -0.4 is 0 Å². The van der Waals surface area contributed by atoms with Crippen molar-refractivity contribution in [2.75, 3.05) is 6.61 Å². The predicted octanol–water partition coefficient (Wildman–Crippen LogP) is 9.10. The van der Waals surface area contributed by atoms with Crippen molar-refractivity contribution >= 4 is 5.65 Å². The van der Waals surface area contributed by atoms with E-state index in [-0.39, 0.29) is 21.7 Å². The molecule has 0 bridgehead atoms. The van der Waals surface area contributed by atoms with E-state index in [9.17, 15) is 0 Å². The summed E-state index contributed by atoms with van der Waals surface area (Å²) in [5.41, 5.74) is 8.63. The van der Waals surface area contributed by atoms with Crippen molar-refractivity contribution in [2.24, 2.45) is 7.05 Å². The zero-order valence-corrected chi connectivity index (χ0v) is 33.0. The number of ether oxygens (including phenoxy) is 1. The number of rotatable bonds is 0. The number of pyridine rings is 1. The summed E-state index contributed by atoms with van der Waals surface area (Å²) < 4.78 is 14.3. The molecule has 0 amide bonds. The summed E-state index contributed by atoms with van der Waals surface area (Å²) >= 11 is 0. The Balaban J connectivity index is 0.000000148. The highest BCUT2D eigenvalue weighted by molar-refractivity contribution is 5.41. The molecule has 0 saturated heterocycles. The summed E-state index contributed by atoms with van der Waals surface area (Å²) in [6, 6.07) is 8.23. The Morgan fingerprint density at radius 3 is 1.73 bits per heavy atom. The van der Waals surface area contributed by atoms with Crippen LogP contribution in [0.2, 0.25) is 0 Å². The fraction of sp³-hybridized carbons (Fsp3) is 0.585. The van der Waals surface area contributed by atoms with Gasteiger partial charge in [0.05, 0.1) is 6.61 Å². The SMILES string of the molecule is CC(C)(C)c1cnc2ccccn12.CC(C)(C)c1cnc2n1CCC2.CC(C)(C)c1cnc2n1CCOC2.Cc1ccn(C)c1C(C)(C)C. The summed E-state index contributed by atoms with van der Waals surface area (Å²) in [4.78, 5) is 13.1. The van der Waals surface area contributed by atoms with Crippen LogP contribution in [0.5, 0.6) is 0 Å². The molecule has 0 N–H and O–H groups in total. The van der Waals surface area contributed by atoms with Crippen molar-refractivity contribution in [3.63, 3.8) is 0 Å². The molecular formula is C41H63N7O. The number of hydrogen-bond acceptors (Lipinski definition) is 4. The molecule has 0 unspecified atom stereocenters. The van der Waals surface area contributed by atoms with E-state index in [2.05, 4.69) is 149 Å². The van der Waals surface area contributed by atoms with Crippen molar-refractivity contribution in [2.45, 2.75) is 144 Å². The van der Waals surface area contributed by atoms with Gasteiger partial charge in [0.15, 0.2) is 0 Å². The molecule has 0 spiro atoms. The van der Waals surface area contributed by atoms with E-state index >= 15 is 0 Å². The molecule has 0 aromatic carbocycles. The third-order valence-electron chi connectivity index (χ3n) is 9.06. The van der Waals surface area contributed by atoms with E-state index < -0.39 is 0 Å². The van der Waals surface area contributed by atoms with E-state index in [4.69, 9.17) is 4.74 Å². The maximum Gasteiger partial charge on any atom is 0.136 e. The van der Waals surface area contributed by atoms with Crippen LogP contribution in [0.3, 0.4) is 0 Å². The first-order valence-electron chi connectivity index (χ1n) is 17.9. The molecule has 5 aromatic heterocycles. The Labute approximate surface area is 296 Å². The molecule has 8 heteroatoms. The van der Waals surface area contributed by atoms with Crippen molar-refractivity contribution < 1.29 is 4.74 Å². The van der Waals surface area contributed by atoms with Crippen molar-refractivity contribution in [3.8, 4) is 0 Å². The van der Waals surface area contributed by atoms with Crippen LogP contribution in [0, 0.1) is 6.92 Å². The number of fused-ring (bicyclic) bond motifs is 3. The van der Waals surface area contributed by atoms with Crippen LogP contribution in [0.4, 0.5) is 0 Å². The average molecular weight is 670 g/mol. The fourth-order valence-corrected chi connectivity index (χ4v) is 6.82. The summed E-state index contributed by atoms with van der Waals surface area (Å²) in [5.74, 6) is 2.34. The lowest BCUT2D eigenvalue weighted by Gasteiger charge is -2.24. The van der Waals surface area contributed by atoms with Crippen LogP contribution in [0.25, 0.3) is 5.65 Å². The van der Waals surface area contributed by atoms with Crippen molar-refractivity contribution in [3.05, 3.63) is 95.2 Å². The van der Waals surface area contributed by atoms with Gasteiger partial charge in [0, 0.05) is 102 Å². The van der Waals surface area contributed by atoms with Gasteiger partial charge in [0.2, 0.25) is 0 Å². The molecule has 7 heterocycles. The number of aryl methyl sites for hydroxylation is 3. The summed E-state index contributed by atoms with van der Waals surface area (Å²) in [6.07, 6.45) is 12.6. The summed E-state index contributed by atoms with van der Waals surface area (Å²) in [7, 11) is 2.10. The Morgan fingerprint density at radius 1 is 0.633 bits per heavy atom. The van der Waals surface area contributed by atoms with Crippen LogP contribution >= 0.6 is 0 Å². The van der Waals surface area contributed by atoms with E-state index in [1.54, 1.807) is 0 Å². The van der Waals surface area contributed by atoms with Gasteiger partial charge in [0.1, 0.15) is 23.9 Å². The third kappa shape index (κ3) is 9.33. The molecule has 49 heavy (non-hydrogen) atoms. The van der Waals surface area contributed by atoms with Gasteiger partial charge in [-0.3, -0.25) is 0 Å². The molecule has 268 valence electrons. The van der Waals surface area contributed by atoms with E-state index in [0.29, 0.717) is 6.61 Å². The fourth-order valence-electron chi connectivity index (χ4n) is 6.82. The molecule has 8 nitrogen and oxygen atoms in total. The van der Waals surface area contributed by atoms with Gasteiger partial charge < -0.3 is 22.8 Å². The van der Waals surface area contributed by atoms with Gasteiger partial charge in [0.25, 0.3) is 0 Å². The van der Waals surface area contributed by atoms with Gasteiger partial charge in [-0.25, -0.2) is 15.0 Å². The zero-order valence-electron chi connectivity index (χ0n) is 33.0. The van der Waals surface area contributed by atoms with Gasteiger partial charge in [-0.05, 0) is 37.1 Å². The van der Waals surface area contributed by atoms with E-state index in [0.717, 1.165) is 31.0 Å². The molecule has 0 radical (unpaired) electrons. The molecule has 2 aliphatic rings. The molecule has 2 aliphatic heterocycles. The quantitative estimate of drug-likeness (QED) is 0.165. The monoisotopic (exact) mass is 670 g/mol. The maximum atomic E-state index is 5.34. The van der Waals surface area contributed by atoms with Crippen molar-refractivity contribution in [1.29, 1.82) is 0 Å². The van der Waals surface area contributed by atoms with Gasteiger partial charge in [-0.1, -0.05) is 89.2 Å². The third-order valence-corrected chi connectivity index (χ3v) is 9.06. The lowest BCUT2D eigenvalue weighted by molar-refractivity contribution is 0.0797. The lowest BCUT2D eigenvalue weighted by atomic mass is 9.90. The Kier molecular flexibility index (Phi) is 11.4. The second kappa shape index (κ2) is 14.7. The molecule has 5 aromatic rings. The molecular weight excluding hydrogens is 606 g/mol. The second-order valence-corrected chi connectivity index (χ2v) is 17.6. The highest BCUT2D eigenvalue weighted by Gasteiger charge is 2.25. The van der Waals surface area contributed by atoms with Crippen LogP contribution in [-0.4, -0.2) is 39.7 Å². The van der Waals surface area contributed by atoms with E-state index in [1.165, 1.54) is 47.1 Å². The minimum absolute atomic E-state index is 0.154. The lowest BCUT2D eigenvalue weighted by Crippen LogP contribution is -2.24. The topological polar surface area (TPSA) is 67.1 Å². The predicted molar refractivity (Wildman–Crippen MR) is 203 cm³/mol. The zero-order chi connectivity index (χ0) is 36.4.